The number of imidazole rings is 1. The molecule has 1 aromatic carbocycles. The number of rotatable bonds is 2. The Morgan fingerprint density at radius 3 is 2.31 bits per heavy atom. The number of carbonyl (C=O) groups excluding carboxylic acids is 1. The number of aromatic amines is 1. The molecular weight excluding hydrogens is 556 g/mol. The fourth-order valence-corrected chi connectivity index (χ4v) is 9.42. The molecule has 1 aromatic heterocycles. The van der Waals surface area contributed by atoms with Crippen LogP contribution in [0.15, 0.2) is 79.6 Å². The van der Waals surface area contributed by atoms with Gasteiger partial charge in [-0.2, -0.15) is 0 Å². The maximum Gasteiger partial charge on any atom is 0.241 e. The third-order valence-corrected chi connectivity index (χ3v) is 10.8. The summed E-state index contributed by atoms with van der Waals surface area (Å²) in [7, 11) is 3.25. The summed E-state index contributed by atoms with van der Waals surface area (Å²) < 4.78 is 6.66. The Hall–Kier alpha value is -3.12. The summed E-state index contributed by atoms with van der Waals surface area (Å²) >= 11 is 0. The first kappa shape index (κ1) is 38.1. The SMILES string of the molecule is C=C.C=O.CC.CC.CC1CC2(C)C(N3CNc4ccccc43)=CCC2C2CC=C3CC([n+]4cc[nH]c4)CCC3(C)C12.COC. The van der Waals surface area contributed by atoms with Crippen LogP contribution in [0, 0.1) is 34.5 Å². The standard InChI is InChI=1S/C30H38N4.C2H6O.2C2H6.C2H4.CH2O/c1-20-17-30(3)24(10-11-27(30)34-19-32-25-6-4-5-7-26(25)34)23-9-8-21-16-22(33-15-14-31-18-33)12-13-29(21,2)28(20)23;1-3-2;4*1-2/h4-8,11,14-15,18,20,22-24,28,32H,9-10,12-13,16-17,19H2,1-3H3;1-2H3;2*1-2H3;1-2H2;1H2/p+1. The van der Waals surface area contributed by atoms with E-state index in [1.807, 2.05) is 34.5 Å². The van der Waals surface area contributed by atoms with Gasteiger partial charge in [-0.15, -0.1) is 13.2 Å². The molecule has 250 valence electrons. The Morgan fingerprint density at radius 2 is 1.67 bits per heavy atom. The Balaban J connectivity index is 0.000000579. The molecule has 2 N–H and O–H groups in total. The summed E-state index contributed by atoms with van der Waals surface area (Å²) in [4.78, 5) is 13.8. The maximum absolute atomic E-state index is 8.00. The van der Waals surface area contributed by atoms with Crippen LogP contribution in [0.25, 0.3) is 0 Å². The number of nitrogens with one attached hydrogen (secondary N) is 2. The van der Waals surface area contributed by atoms with E-state index >= 15 is 0 Å². The second-order valence-electron chi connectivity index (χ2n) is 12.7. The monoisotopic (exact) mass is 619 g/mol. The molecule has 6 nitrogen and oxygen atoms in total. The quantitative estimate of drug-likeness (QED) is 0.260. The lowest BCUT2D eigenvalue weighted by Crippen LogP contribution is -2.55. The molecule has 45 heavy (non-hydrogen) atoms. The van der Waals surface area contributed by atoms with Gasteiger partial charge in [-0.25, -0.2) is 4.57 Å². The Morgan fingerprint density at radius 1 is 1.00 bits per heavy atom. The number of allylic oxidation sites excluding steroid dienone is 4. The summed E-state index contributed by atoms with van der Waals surface area (Å²) in [6.45, 7) is 24.7. The number of H-pyrrole nitrogens is 1. The largest absolute Gasteiger partial charge is 0.388 e. The zero-order valence-electron chi connectivity index (χ0n) is 29.9. The van der Waals surface area contributed by atoms with E-state index in [4.69, 9.17) is 4.79 Å². The molecule has 2 aromatic rings. The van der Waals surface area contributed by atoms with E-state index in [2.05, 4.69) is 114 Å². The summed E-state index contributed by atoms with van der Waals surface area (Å²) in [6.07, 6.45) is 19.4. The van der Waals surface area contributed by atoms with Crippen LogP contribution in [-0.4, -0.2) is 32.7 Å². The zero-order chi connectivity index (χ0) is 33.8. The molecule has 0 saturated heterocycles. The number of aromatic nitrogens is 2. The van der Waals surface area contributed by atoms with E-state index in [0.717, 1.165) is 30.3 Å². The number of nitrogens with zero attached hydrogens (tertiary/aromatic N) is 2. The van der Waals surface area contributed by atoms with Gasteiger partial charge in [-0.3, -0.25) is 4.98 Å². The highest BCUT2D eigenvalue weighted by molar-refractivity contribution is 5.77. The molecular formula is C39H63N4O2+. The Kier molecular flexibility index (Phi) is 14.8. The fourth-order valence-electron chi connectivity index (χ4n) is 9.42. The lowest BCUT2D eigenvalue weighted by Gasteiger charge is -2.60. The summed E-state index contributed by atoms with van der Waals surface area (Å²) in [5.74, 6) is 3.14. The molecule has 5 aliphatic rings. The van der Waals surface area contributed by atoms with E-state index in [9.17, 15) is 0 Å². The van der Waals surface area contributed by atoms with E-state index in [1.54, 1.807) is 25.5 Å². The van der Waals surface area contributed by atoms with Crippen molar-refractivity contribution < 1.29 is 14.1 Å². The van der Waals surface area contributed by atoms with Crippen LogP contribution in [-0.2, 0) is 9.53 Å². The molecule has 0 radical (unpaired) electrons. The van der Waals surface area contributed by atoms with Gasteiger partial charge in [0.2, 0.25) is 6.33 Å². The molecule has 7 atom stereocenters. The van der Waals surface area contributed by atoms with Crippen LogP contribution in [0.4, 0.5) is 11.4 Å². The highest BCUT2D eigenvalue weighted by Crippen LogP contribution is 2.67. The van der Waals surface area contributed by atoms with E-state index in [0.29, 0.717) is 11.5 Å². The zero-order valence-corrected chi connectivity index (χ0v) is 29.9. The van der Waals surface area contributed by atoms with Crippen molar-refractivity contribution >= 4 is 18.2 Å². The summed E-state index contributed by atoms with van der Waals surface area (Å²) in [5, 5.41) is 3.64. The third kappa shape index (κ3) is 7.16. The third-order valence-electron chi connectivity index (χ3n) is 10.8. The first-order valence-corrected chi connectivity index (χ1v) is 17.1. The van der Waals surface area contributed by atoms with Gasteiger partial charge in [0.1, 0.15) is 25.2 Å². The average Bonchev–Trinajstić information content (AvgIpc) is 3.84. The summed E-state index contributed by atoms with van der Waals surface area (Å²) in [5.41, 5.74) is 6.66. The number of ether oxygens (including phenoxy) is 1. The van der Waals surface area contributed by atoms with E-state index in [-0.39, 0.29) is 5.41 Å². The van der Waals surface area contributed by atoms with Crippen LogP contribution < -0.4 is 14.8 Å². The van der Waals surface area contributed by atoms with Crippen LogP contribution in [0.5, 0.6) is 0 Å². The Labute approximate surface area is 275 Å². The molecule has 7 unspecified atom stereocenters. The first-order valence-electron chi connectivity index (χ1n) is 17.1. The highest BCUT2D eigenvalue weighted by Gasteiger charge is 2.60. The van der Waals surface area contributed by atoms with E-state index < -0.39 is 0 Å². The van der Waals surface area contributed by atoms with Crippen molar-refractivity contribution in [3.05, 3.63) is 79.6 Å². The van der Waals surface area contributed by atoms with Crippen LogP contribution >= 0.6 is 0 Å². The number of hydrogen-bond donors (Lipinski definition) is 2. The molecule has 0 spiro atoms. The fraction of sp³-hybridized carbons (Fsp3) is 0.590. The molecule has 2 saturated carbocycles. The minimum Gasteiger partial charge on any atom is -0.388 e. The van der Waals surface area contributed by atoms with Crippen molar-refractivity contribution in [1.82, 2.24) is 4.98 Å². The predicted molar refractivity (Wildman–Crippen MR) is 191 cm³/mol. The average molecular weight is 620 g/mol. The minimum absolute atomic E-state index is 0.277. The van der Waals surface area contributed by atoms with Gasteiger partial charge in [0.25, 0.3) is 0 Å². The van der Waals surface area contributed by atoms with Gasteiger partial charge in [0.15, 0.2) is 0 Å². The van der Waals surface area contributed by atoms with Crippen molar-refractivity contribution in [2.45, 2.75) is 93.0 Å². The number of methoxy groups -OCH3 is 1. The Bertz CT molecular complexity index is 1220. The maximum atomic E-state index is 8.00. The molecule has 0 amide bonds. The topological polar surface area (TPSA) is 61.2 Å². The second-order valence-corrected chi connectivity index (χ2v) is 12.7. The lowest BCUT2D eigenvalue weighted by molar-refractivity contribution is -0.723. The number of hydrogen-bond acceptors (Lipinski definition) is 4. The van der Waals surface area contributed by atoms with Crippen LogP contribution in [0.1, 0.15) is 93.0 Å². The molecule has 2 heterocycles. The molecule has 1 aliphatic heterocycles. The van der Waals surface area contributed by atoms with Crippen LogP contribution in [0.3, 0.4) is 0 Å². The van der Waals surface area contributed by atoms with E-state index in [1.165, 1.54) is 49.9 Å². The second kappa shape index (κ2) is 17.5. The molecule has 0 bridgehead atoms. The van der Waals surface area contributed by atoms with Gasteiger partial charge in [-0.1, -0.05) is 78.3 Å². The molecule has 2 fully saturated rings. The smallest absolute Gasteiger partial charge is 0.241 e. The van der Waals surface area contributed by atoms with Gasteiger partial charge in [0, 0.05) is 31.8 Å². The van der Waals surface area contributed by atoms with Crippen molar-refractivity contribution in [3.8, 4) is 0 Å². The van der Waals surface area contributed by atoms with Crippen molar-refractivity contribution in [1.29, 1.82) is 0 Å². The summed E-state index contributed by atoms with van der Waals surface area (Å²) in [6, 6.07) is 9.46. The van der Waals surface area contributed by atoms with Gasteiger partial charge >= 0.3 is 0 Å². The van der Waals surface area contributed by atoms with Crippen molar-refractivity contribution in [3.63, 3.8) is 0 Å². The molecule has 7 rings (SSSR count). The number of carbonyl (C=O) groups is 1. The minimum atomic E-state index is 0.277. The van der Waals surface area contributed by atoms with Gasteiger partial charge in [-0.05, 0) is 73.3 Å². The molecule has 6 heteroatoms. The van der Waals surface area contributed by atoms with Gasteiger partial charge in [0.05, 0.1) is 18.0 Å². The first-order chi connectivity index (χ1) is 21.9. The van der Waals surface area contributed by atoms with Gasteiger partial charge < -0.3 is 19.7 Å². The van der Waals surface area contributed by atoms with Crippen molar-refractivity contribution in [2.75, 3.05) is 31.1 Å². The lowest BCUT2D eigenvalue weighted by atomic mass is 9.45. The van der Waals surface area contributed by atoms with Crippen LogP contribution in [0.2, 0.25) is 0 Å². The van der Waals surface area contributed by atoms with Crippen molar-refractivity contribution in [2.24, 2.45) is 34.5 Å². The number of para-hydroxylation sites is 2. The number of benzene rings is 1. The highest BCUT2D eigenvalue weighted by atomic mass is 16.4. The number of anilines is 2. The molecule has 4 aliphatic carbocycles. The normalized spacial score (nSPS) is 31.4. The number of fused-ring (bicyclic) bond motifs is 6. The predicted octanol–water partition coefficient (Wildman–Crippen LogP) is 9.37.